The van der Waals surface area contributed by atoms with Gasteiger partial charge in [0.25, 0.3) is 0 Å². The molecule has 0 unspecified atom stereocenters. The van der Waals surface area contributed by atoms with Crippen LogP contribution in [0.25, 0.3) is 0 Å². The molecule has 6 heteroatoms. The van der Waals surface area contributed by atoms with Gasteiger partial charge in [-0.25, -0.2) is 0 Å². The van der Waals surface area contributed by atoms with Gasteiger partial charge in [-0.2, -0.15) is 0 Å². The third-order valence-electron chi connectivity index (χ3n) is 5.77. The lowest BCUT2D eigenvalue weighted by Crippen LogP contribution is -2.58. The van der Waals surface area contributed by atoms with E-state index in [-0.39, 0.29) is 23.1 Å². The van der Waals surface area contributed by atoms with Crippen LogP contribution in [0, 0.1) is 0 Å². The smallest absolute Gasteiger partial charge is 0.172 e. The van der Waals surface area contributed by atoms with Gasteiger partial charge in [0.05, 0.1) is 31.3 Å². The van der Waals surface area contributed by atoms with Crippen molar-refractivity contribution >= 4 is 15.9 Å². The summed E-state index contributed by atoms with van der Waals surface area (Å²) in [6, 6.07) is 30.3. The highest BCUT2D eigenvalue weighted by molar-refractivity contribution is 9.09. The lowest BCUT2D eigenvalue weighted by atomic mass is 10.0. The zero-order valence-corrected chi connectivity index (χ0v) is 20.9. The van der Waals surface area contributed by atoms with E-state index in [1.807, 2.05) is 78.9 Å². The summed E-state index contributed by atoms with van der Waals surface area (Å²) >= 11 is 3.76. The molecule has 0 aliphatic carbocycles. The molecule has 5 atom stereocenters. The Morgan fingerprint density at radius 2 is 1.15 bits per heavy atom. The predicted molar refractivity (Wildman–Crippen MR) is 135 cm³/mol. The second-order valence-corrected chi connectivity index (χ2v) is 9.30. The Morgan fingerprint density at radius 1 is 0.676 bits per heavy atom. The number of methoxy groups -OCH3 is 1. The summed E-state index contributed by atoms with van der Waals surface area (Å²) in [6.07, 6.45) is -1.49. The zero-order valence-electron chi connectivity index (χ0n) is 19.3. The molecule has 180 valence electrons. The van der Waals surface area contributed by atoms with E-state index in [4.69, 9.17) is 23.7 Å². The molecule has 0 aromatic heterocycles. The van der Waals surface area contributed by atoms with Crippen molar-refractivity contribution in [2.75, 3.05) is 13.7 Å². The Bertz CT molecular complexity index is 956. The summed E-state index contributed by atoms with van der Waals surface area (Å²) in [4.78, 5) is -0.202. The SMILES string of the molecule is CO[C@@H]1O[C@H](COCc2ccccc2)[C@H](OCc2ccccc2)[C@H](OCc2ccccc2)[C@H]1Br. The highest BCUT2D eigenvalue weighted by Crippen LogP contribution is 2.32. The average molecular weight is 527 g/mol. The molecule has 34 heavy (non-hydrogen) atoms. The predicted octanol–water partition coefficient (Wildman–Crippen LogP) is 5.51. The highest BCUT2D eigenvalue weighted by atomic mass is 79.9. The fourth-order valence-electron chi connectivity index (χ4n) is 3.98. The van der Waals surface area contributed by atoms with E-state index >= 15 is 0 Å². The molecule has 0 radical (unpaired) electrons. The molecule has 0 bridgehead atoms. The second-order valence-electron chi connectivity index (χ2n) is 8.25. The molecular weight excluding hydrogens is 496 g/mol. The van der Waals surface area contributed by atoms with Crippen molar-refractivity contribution in [3.8, 4) is 0 Å². The standard InChI is InChI=1S/C28H31BrO5/c1-30-28-25(29)27(33-19-23-15-9-4-10-16-23)26(32-18-22-13-7-3-8-14-22)24(34-28)20-31-17-21-11-5-2-6-12-21/h2-16,24-28H,17-20H2,1H3/t24-,25-,26+,27-,28-/m1/s1. The topological polar surface area (TPSA) is 46.2 Å². The van der Waals surface area contributed by atoms with E-state index in [1.165, 1.54) is 0 Å². The van der Waals surface area contributed by atoms with Crippen LogP contribution in [-0.2, 0) is 43.5 Å². The van der Waals surface area contributed by atoms with E-state index in [2.05, 4.69) is 28.1 Å². The maximum Gasteiger partial charge on any atom is 0.172 e. The number of benzene rings is 3. The van der Waals surface area contributed by atoms with Crippen LogP contribution in [0.4, 0.5) is 0 Å². The molecule has 0 N–H and O–H groups in total. The molecule has 1 saturated heterocycles. The van der Waals surface area contributed by atoms with Crippen LogP contribution >= 0.6 is 15.9 Å². The molecule has 1 fully saturated rings. The number of halogens is 1. The van der Waals surface area contributed by atoms with Gasteiger partial charge < -0.3 is 23.7 Å². The fourth-order valence-corrected chi connectivity index (χ4v) is 4.78. The van der Waals surface area contributed by atoms with Gasteiger partial charge in [0, 0.05) is 7.11 Å². The Kier molecular flexibility index (Phi) is 9.68. The Morgan fingerprint density at radius 3 is 1.65 bits per heavy atom. The minimum absolute atomic E-state index is 0.202. The minimum Gasteiger partial charge on any atom is -0.374 e. The van der Waals surface area contributed by atoms with Crippen molar-refractivity contribution in [3.05, 3.63) is 108 Å². The van der Waals surface area contributed by atoms with E-state index in [1.54, 1.807) is 7.11 Å². The van der Waals surface area contributed by atoms with E-state index < -0.39 is 6.29 Å². The number of alkyl halides is 1. The van der Waals surface area contributed by atoms with E-state index in [0.717, 1.165) is 16.7 Å². The number of hydrogen-bond acceptors (Lipinski definition) is 5. The van der Waals surface area contributed by atoms with Gasteiger partial charge in [0.2, 0.25) is 0 Å². The molecule has 0 saturated carbocycles. The summed E-state index contributed by atoms with van der Waals surface area (Å²) in [5.74, 6) is 0. The molecular formula is C28H31BrO5. The molecule has 3 aromatic carbocycles. The quantitative estimate of drug-likeness (QED) is 0.308. The maximum atomic E-state index is 6.43. The third-order valence-corrected chi connectivity index (χ3v) is 6.72. The minimum atomic E-state index is -0.484. The van der Waals surface area contributed by atoms with E-state index in [0.29, 0.717) is 26.4 Å². The van der Waals surface area contributed by atoms with Crippen molar-refractivity contribution in [2.45, 2.75) is 49.2 Å². The van der Waals surface area contributed by atoms with Gasteiger partial charge in [-0.1, -0.05) is 107 Å². The van der Waals surface area contributed by atoms with Crippen LogP contribution in [0.3, 0.4) is 0 Å². The van der Waals surface area contributed by atoms with Crippen molar-refractivity contribution in [2.24, 2.45) is 0 Å². The molecule has 5 nitrogen and oxygen atoms in total. The molecule has 4 rings (SSSR count). The largest absolute Gasteiger partial charge is 0.374 e. The van der Waals surface area contributed by atoms with Crippen LogP contribution in [0.2, 0.25) is 0 Å². The van der Waals surface area contributed by atoms with Crippen LogP contribution < -0.4 is 0 Å². The molecule has 0 spiro atoms. The van der Waals surface area contributed by atoms with Crippen molar-refractivity contribution in [3.63, 3.8) is 0 Å². The van der Waals surface area contributed by atoms with Crippen molar-refractivity contribution in [1.29, 1.82) is 0 Å². The molecule has 1 aliphatic heterocycles. The van der Waals surface area contributed by atoms with Gasteiger partial charge in [-0.15, -0.1) is 0 Å². The van der Waals surface area contributed by atoms with Crippen molar-refractivity contribution in [1.82, 2.24) is 0 Å². The van der Waals surface area contributed by atoms with Crippen molar-refractivity contribution < 1.29 is 23.7 Å². The molecule has 0 amide bonds. The van der Waals surface area contributed by atoms with Gasteiger partial charge in [-0.05, 0) is 16.7 Å². The summed E-state index contributed by atoms with van der Waals surface area (Å²) in [6.45, 7) is 1.77. The lowest BCUT2D eigenvalue weighted by molar-refractivity contribution is -0.267. The van der Waals surface area contributed by atoms with Crippen LogP contribution in [0.1, 0.15) is 16.7 Å². The zero-order chi connectivity index (χ0) is 23.6. The number of rotatable bonds is 11. The lowest BCUT2D eigenvalue weighted by Gasteiger charge is -2.44. The summed E-state index contributed by atoms with van der Waals surface area (Å²) in [5.41, 5.74) is 3.30. The summed E-state index contributed by atoms with van der Waals surface area (Å²) in [5, 5.41) is 0. The summed E-state index contributed by atoms with van der Waals surface area (Å²) < 4.78 is 30.8. The second kappa shape index (κ2) is 13.1. The van der Waals surface area contributed by atoms with Crippen LogP contribution in [0.15, 0.2) is 91.0 Å². The Balaban J connectivity index is 1.48. The molecule has 1 aliphatic rings. The third kappa shape index (κ3) is 6.98. The van der Waals surface area contributed by atoms with Gasteiger partial charge in [0.1, 0.15) is 18.3 Å². The number of ether oxygens (including phenoxy) is 5. The van der Waals surface area contributed by atoms with Gasteiger partial charge in [-0.3, -0.25) is 0 Å². The van der Waals surface area contributed by atoms with Crippen LogP contribution in [-0.4, -0.2) is 43.1 Å². The van der Waals surface area contributed by atoms with Crippen LogP contribution in [0.5, 0.6) is 0 Å². The first-order valence-electron chi connectivity index (χ1n) is 11.5. The average Bonchev–Trinajstić information content (AvgIpc) is 2.89. The first-order chi connectivity index (χ1) is 16.7. The summed E-state index contributed by atoms with van der Waals surface area (Å²) in [7, 11) is 1.64. The Labute approximate surface area is 210 Å². The number of hydrogen-bond donors (Lipinski definition) is 0. The fraction of sp³-hybridized carbons (Fsp3) is 0.357. The Hall–Kier alpha value is -2.06. The molecule has 3 aromatic rings. The monoisotopic (exact) mass is 526 g/mol. The normalized spacial score (nSPS) is 24.7. The molecule has 1 heterocycles. The first-order valence-corrected chi connectivity index (χ1v) is 12.4. The van der Waals surface area contributed by atoms with Gasteiger partial charge >= 0.3 is 0 Å². The maximum absolute atomic E-state index is 6.43. The first kappa shape index (κ1) is 25.0. The van der Waals surface area contributed by atoms with E-state index in [9.17, 15) is 0 Å². The van der Waals surface area contributed by atoms with Gasteiger partial charge in [0.15, 0.2) is 6.29 Å². The highest BCUT2D eigenvalue weighted by Gasteiger charge is 2.46.